The number of anilines is 1. The summed E-state index contributed by atoms with van der Waals surface area (Å²) in [5, 5.41) is 3.59. The van der Waals surface area contributed by atoms with Crippen molar-refractivity contribution in [3.63, 3.8) is 0 Å². The first-order chi connectivity index (χ1) is 10.1. The predicted molar refractivity (Wildman–Crippen MR) is 86.1 cm³/mol. The van der Waals surface area contributed by atoms with Crippen molar-refractivity contribution in [1.82, 2.24) is 9.88 Å². The highest BCUT2D eigenvalue weighted by atomic mass is 35.5. The van der Waals surface area contributed by atoms with E-state index in [9.17, 15) is 4.79 Å². The van der Waals surface area contributed by atoms with Crippen LogP contribution in [0, 0.1) is 0 Å². The van der Waals surface area contributed by atoms with Crippen LogP contribution in [-0.4, -0.2) is 48.6 Å². The second-order valence-corrected chi connectivity index (χ2v) is 4.97. The summed E-state index contributed by atoms with van der Waals surface area (Å²) in [4.78, 5) is 18.4. The third-order valence-corrected chi connectivity index (χ3v) is 3.30. The molecule has 0 atom stereocenters. The molecule has 0 spiro atoms. The van der Waals surface area contributed by atoms with Crippen molar-refractivity contribution in [2.24, 2.45) is 0 Å². The van der Waals surface area contributed by atoms with Gasteiger partial charge in [0.2, 0.25) is 0 Å². The minimum atomic E-state index is -0.0753. The summed E-state index contributed by atoms with van der Waals surface area (Å²) >= 11 is 6.16. The Morgan fingerprint density at radius 3 is 2.76 bits per heavy atom. The number of hydrogen-bond donors (Lipinski definition) is 1. The van der Waals surface area contributed by atoms with E-state index in [0.717, 1.165) is 13.0 Å². The summed E-state index contributed by atoms with van der Waals surface area (Å²) in [6, 6.07) is 1.66. The maximum atomic E-state index is 12.4. The molecule has 0 aliphatic heterocycles. The molecule has 0 saturated carbocycles. The molecular weight excluding hydrogens is 290 g/mol. The number of halogens is 1. The zero-order valence-corrected chi connectivity index (χ0v) is 13.7. The van der Waals surface area contributed by atoms with Gasteiger partial charge in [0.1, 0.15) is 5.82 Å². The van der Waals surface area contributed by atoms with Crippen molar-refractivity contribution < 1.29 is 9.53 Å². The molecule has 1 heterocycles. The van der Waals surface area contributed by atoms with Gasteiger partial charge in [-0.1, -0.05) is 18.5 Å². The Labute approximate surface area is 131 Å². The standard InChI is InChI=1S/C15H24ClN3O2/c1-4-7-17-14-13(16)10-12(11-18-14)15(20)19(5-2)8-9-21-6-3/h10-11H,4-9H2,1-3H3,(H,17,18). The smallest absolute Gasteiger partial charge is 0.255 e. The van der Waals surface area contributed by atoms with Crippen LogP contribution in [0.4, 0.5) is 5.82 Å². The Balaban J connectivity index is 2.74. The van der Waals surface area contributed by atoms with Gasteiger partial charge in [0, 0.05) is 32.4 Å². The van der Waals surface area contributed by atoms with Crippen LogP contribution in [0.3, 0.4) is 0 Å². The molecule has 1 aromatic rings. The lowest BCUT2D eigenvalue weighted by molar-refractivity contribution is 0.0669. The second-order valence-electron chi connectivity index (χ2n) is 4.56. The Bertz CT molecular complexity index is 455. The molecule has 21 heavy (non-hydrogen) atoms. The number of pyridine rings is 1. The number of aromatic nitrogens is 1. The molecule has 0 aromatic carbocycles. The van der Waals surface area contributed by atoms with Crippen LogP contribution in [-0.2, 0) is 4.74 Å². The Morgan fingerprint density at radius 1 is 1.43 bits per heavy atom. The second kappa shape index (κ2) is 9.58. The maximum absolute atomic E-state index is 12.4. The minimum Gasteiger partial charge on any atom is -0.380 e. The van der Waals surface area contributed by atoms with Crippen molar-refractivity contribution in [2.45, 2.75) is 27.2 Å². The van der Waals surface area contributed by atoms with E-state index >= 15 is 0 Å². The van der Waals surface area contributed by atoms with Crippen LogP contribution < -0.4 is 5.32 Å². The van der Waals surface area contributed by atoms with Crippen molar-refractivity contribution in [3.8, 4) is 0 Å². The summed E-state index contributed by atoms with van der Waals surface area (Å²) in [5.74, 6) is 0.543. The van der Waals surface area contributed by atoms with Gasteiger partial charge in [-0.3, -0.25) is 4.79 Å². The summed E-state index contributed by atoms with van der Waals surface area (Å²) in [6.07, 6.45) is 2.55. The normalized spacial score (nSPS) is 10.5. The average molecular weight is 314 g/mol. The number of rotatable bonds is 9. The monoisotopic (exact) mass is 313 g/mol. The van der Waals surface area contributed by atoms with Crippen LogP contribution in [0.25, 0.3) is 0 Å². The van der Waals surface area contributed by atoms with E-state index in [2.05, 4.69) is 17.2 Å². The van der Waals surface area contributed by atoms with Gasteiger partial charge in [0.05, 0.1) is 17.2 Å². The number of nitrogens with one attached hydrogen (secondary N) is 1. The largest absolute Gasteiger partial charge is 0.380 e. The van der Waals surface area contributed by atoms with Crippen molar-refractivity contribution in [2.75, 3.05) is 38.2 Å². The summed E-state index contributed by atoms with van der Waals surface area (Å²) in [6.45, 7) is 9.12. The van der Waals surface area contributed by atoms with Crippen molar-refractivity contribution >= 4 is 23.3 Å². The molecule has 1 aromatic heterocycles. The number of likely N-dealkylation sites (N-methyl/N-ethyl adjacent to an activating group) is 1. The molecular formula is C15H24ClN3O2. The lowest BCUT2D eigenvalue weighted by Gasteiger charge is -2.21. The van der Waals surface area contributed by atoms with Gasteiger partial charge in [-0.25, -0.2) is 4.98 Å². The van der Waals surface area contributed by atoms with Crippen molar-refractivity contribution in [3.05, 3.63) is 22.8 Å². The SMILES string of the molecule is CCCNc1ncc(C(=O)N(CC)CCOCC)cc1Cl. The average Bonchev–Trinajstić information content (AvgIpc) is 2.50. The number of nitrogens with zero attached hydrogens (tertiary/aromatic N) is 2. The van der Waals surface area contributed by atoms with Crippen LogP contribution >= 0.6 is 11.6 Å². The topological polar surface area (TPSA) is 54.5 Å². The highest BCUT2D eigenvalue weighted by Gasteiger charge is 2.16. The van der Waals surface area contributed by atoms with Gasteiger partial charge in [-0.05, 0) is 26.3 Å². The van der Waals surface area contributed by atoms with Gasteiger partial charge >= 0.3 is 0 Å². The number of amides is 1. The zero-order valence-electron chi connectivity index (χ0n) is 13.0. The van der Waals surface area contributed by atoms with Gasteiger partial charge in [-0.2, -0.15) is 0 Å². The first-order valence-corrected chi connectivity index (χ1v) is 7.78. The molecule has 0 radical (unpaired) electrons. The first kappa shape index (κ1) is 17.7. The van der Waals surface area contributed by atoms with Crippen LogP contribution in [0.5, 0.6) is 0 Å². The number of carbonyl (C=O) groups excluding carboxylic acids is 1. The fourth-order valence-corrected chi connectivity index (χ4v) is 2.07. The lowest BCUT2D eigenvalue weighted by Crippen LogP contribution is -2.34. The van der Waals surface area contributed by atoms with E-state index in [1.807, 2.05) is 13.8 Å². The van der Waals surface area contributed by atoms with Crippen molar-refractivity contribution in [1.29, 1.82) is 0 Å². The molecule has 0 saturated heterocycles. The Kier molecular flexibility index (Phi) is 8.08. The molecule has 1 rings (SSSR count). The Hall–Kier alpha value is -1.33. The lowest BCUT2D eigenvalue weighted by atomic mass is 10.2. The fraction of sp³-hybridized carbons (Fsp3) is 0.600. The molecule has 0 aliphatic carbocycles. The van der Waals surface area contributed by atoms with Gasteiger partial charge < -0.3 is 15.0 Å². The minimum absolute atomic E-state index is 0.0753. The zero-order chi connectivity index (χ0) is 15.7. The van der Waals surface area contributed by atoms with E-state index in [0.29, 0.717) is 42.7 Å². The third kappa shape index (κ3) is 5.52. The van der Waals surface area contributed by atoms with Crippen LogP contribution in [0.1, 0.15) is 37.6 Å². The quantitative estimate of drug-likeness (QED) is 0.712. The van der Waals surface area contributed by atoms with Gasteiger partial charge in [-0.15, -0.1) is 0 Å². The number of ether oxygens (including phenoxy) is 1. The molecule has 1 amide bonds. The third-order valence-electron chi connectivity index (χ3n) is 3.01. The molecule has 6 heteroatoms. The molecule has 0 bridgehead atoms. The fourth-order valence-electron chi connectivity index (χ4n) is 1.83. The van der Waals surface area contributed by atoms with E-state index < -0.39 is 0 Å². The van der Waals surface area contributed by atoms with E-state index in [-0.39, 0.29) is 5.91 Å². The Morgan fingerprint density at radius 2 is 2.19 bits per heavy atom. The molecule has 0 fully saturated rings. The highest BCUT2D eigenvalue weighted by molar-refractivity contribution is 6.33. The van der Waals surface area contributed by atoms with Gasteiger partial charge in [0.25, 0.3) is 5.91 Å². The molecule has 1 N–H and O–H groups in total. The van der Waals surface area contributed by atoms with Crippen LogP contribution in [0.2, 0.25) is 5.02 Å². The number of hydrogen-bond acceptors (Lipinski definition) is 4. The van der Waals surface area contributed by atoms with E-state index in [1.54, 1.807) is 17.2 Å². The van der Waals surface area contributed by atoms with E-state index in [4.69, 9.17) is 16.3 Å². The summed E-state index contributed by atoms with van der Waals surface area (Å²) in [5.41, 5.74) is 0.500. The van der Waals surface area contributed by atoms with Gasteiger partial charge in [0.15, 0.2) is 0 Å². The van der Waals surface area contributed by atoms with Crippen LogP contribution in [0.15, 0.2) is 12.3 Å². The summed E-state index contributed by atoms with van der Waals surface area (Å²) < 4.78 is 5.29. The number of carbonyl (C=O) groups is 1. The molecule has 0 aliphatic rings. The first-order valence-electron chi connectivity index (χ1n) is 7.40. The molecule has 5 nitrogen and oxygen atoms in total. The molecule has 118 valence electrons. The van der Waals surface area contributed by atoms with E-state index in [1.165, 1.54) is 0 Å². The maximum Gasteiger partial charge on any atom is 0.255 e. The summed E-state index contributed by atoms with van der Waals surface area (Å²) in [7, 11) is 0. The molecule has 0 unspecified atom stereocenters. The predicted octanol–water partition coefficient (Wildman–Crippen LogP) is 3.06. The highest BCUT2D eigenvalue weighted by Crippen LogP contribution is 2.20.